The Labute approximate surface area is 50.4 Å². The van der Waals surface area contributed by atoms with Gasteiger partial charge in [0.05, 0.1) is 0 Å². The summed E-state index contributed by atoms with van der Waals surface area (Å²) in [5.74, 6) is 0. The van der Waals surface area contributed by atoms with Crippen molar-refractivity contribution in [1.29, 1.82) is 0 Å². The number of hydrogen-bond acceptors (Lipinski definition) is 2. The second kappa shape index (κ2) is 9.21. The Bertz CT molecular complexity index is 19.0. The topological polar surface area (TPSA) is 18.5 Å². The van der Waals surface area contributed by atoms with Crippen LogP contribution in [0.25, 0.3) is 0 Å². The Kier molecular flexibility index (Phi) is 15.2. The molecule has 0 radical (unpaired) electrons. The summed E-state index contributed by atoms with van der Waals surface area (Å²) in [5, 5.41) is 0. The van der Waals surface area contributed by atoms with Crippen LogP contribution in [0.2, 0.25) is 0 Å². The quantitative estimate of drug-likeness (QED) is 0.543. The zero-order valence-electron chi connectivity index (χ0n) is 3.58. The van der Waals surface area contributed by atoms with Gasteiger partial charge in [0.1, 0.15) is 0 Å². The molecule has 0 heterocycles. The van der Waals surface area contributed by atoms with Gasteiger partial charge in [0.2, 0.25) is 0 Å². The van der Waals surface area contributed by atoms with Crippen molar-refractivity contribution in [3.63, 3.8) is 0 Å². The molecule has 0 bridgehead atoms. The molecule has 0 amide bonds. The van der Waals surface area contributed by atoms with Crippen molar-refractivity contribution in [1.82, 2.24) is 0 Å². The molecule has 0 aliphatic heterocycles. The maximum Gasteiger partial charge on any atom is -0.147 e. The molecule has 2 nitrogen and oxygen atoms in total. The molecular weight excluding hydrogens is 147 g/mol. The van der Waals surface area contributed by atoms with E-state index in [9.17, 15) is 0 Å². The minimum absolute atomic E-state index is 0. The van der Waals surface area contributed by atoms with Crippen LogP contribution in [-0.2, 0) is 23.3 Å². The van der Waals surface area contributed by atoms with E-state index in [-0.39, 0.29) is 12.4 Å². The van der Waals surface area contributed by atoms with Gasteiger partial charge in [-0.1, -0.05) is 0 Å². The van der Waals surface area contributed by atoms with Crippen LogP contribution in [-0.4, -0.2) is 14.2 Å². The standard InChI is InChI=1S/2CH3O.ClH.Fe/c2*1-2;;/h2*1H3;1H;/q2*-1;;+2. The van der Waals surface area contributed by atoms with Crippen LogP contribution >= 0.6 is 12.4 Å². The summed E-state index contributed by atoms with van der Waals surface area (Å²) in [6, 6.07) is 0. The van der Waals surface area contributed by atoms with E-state index in [0.29, 0.717) is 15.6 Å². The van der Waals surface area contributed by atoms with Gasteiger partial charge in [0.25, 0.3) is 0 Å². The van der Waals surface area contributed by atoms with Crippen LogP contribution in [0.4, 0.5) is 0 Å². The van der Waals surface area contributed by atoms with Gasteiger partial charge < -0.3 is 0 Å². The molecule has 0 aromatic carbocycles. The van der Waals surface area contributed by atoms with E-state index >= 15 is 0 Å². The predicted octanol–water partition coefficient (Wildman–Crippen LogP) is 0.613. The average molecular weight is 154 g/mol. The van der Waals surface area contributed by atoms with Crippen molar-refractivity contribution in [2.24, 2.45) is 0 Å². The zero-order valence-corrected chi connectivity index (χ0v) is 5.50. The van der Waals surface area contributed by atoms with Crippen LogP contribution in [0.1, 0.15) is 0 Å². The Balaban J connectivity index is 0. The summed E-state index contributed by atoms with van der Waals surface area (Å²) < 4.78 is 8.94. The Morgan fingerprint density at radius 1 is 1.17 bits per heavy atom. The summed E-state index contributed by atoms with van der Waals surface area (Å²) in [5.41, 5.74) is 0. The van der Waals surface area contributed by atoms with E-state index in [0.717, 1.165) is 0 Å². The van der Waals surface area contributed by atoms with Crippen molar-refractivity contribution < 1.29 is 23.3 Å². The summed E-state index contributed by atoms with van der Waals surface area (Å²) in [7, 11) is 3.17. The molecular formula is C2H7ClFeO2. The van der Waals surface area contributed by atoms with E-state index in [1.165, 1.54) is 0 Å². The molecule has 0 unspecified atom stereocenters. The van der Waals surface area contributed by atoms with E-state index in [4.69, 9.17) is 0 Å². The minimum atomic E-state index is 0. The molecule has 0 atom stereocenters. The van der Waals surface area contributed by atoms with Crippen LogP contribution < -0.4 is 0 Å². The van der Waals surface area contributed by atoms with Gasteiger partial charge in [-0.15, -0.1) is 12.4 Å². The second-order valence-electron chi connectivity index (χ2n) is 0.348. The monoisotopic (exact) mass is 154 g/mol. The van der Waals surface area contributed by atoms with Crippen LogP contribution in [0.3, 0.4) is 0 Å². The Hall–Kier alpha value is 0.729. The van der Waals surface area contributed by atoms with Gasteiger partial charge in [-0.2, -0.15) is 0 Å². The third-order valence-electron chi connectivity index (χ3n) is 0.118. The van der Waals surface area contributed by atoms with Crippen molar-refractivity contribution in [3.8, 4) is 0 Å². The van der Waals surface area contributed by atoms with Crippen LogP contribution in [0.5, 0.6) is 0 Å². The summed E-state index contributed by atoms with van der Waals surface area (Å²) in [4.78, 5) is 0. The van der Waals surface area contributed by atoms with Gasteiger partial charge in [0, 0.05) is 0 Å². The maximum absolute atomic E-state index is 4.47. The molecule has 6 heavy (non-hydrogen) atoms. The molecule has 4 heteroatoms. The SMILES string of the molecule is C[O][Fe][O]C.Cl. The molecule has 0 fully saturated rings. The fraction of sp³-hybridized carbons (Fsp3) is 1.00. The first-order valence-corrected chi connectivity index (χ1v) is 2.01. The van der Waals surface area contributed by atoms with E-state index in [1.807, 2.05) is 0 Å². The first kappa shape index (κ1) is 9.88. The van der Waals surface area contributed by atoms with Crippen molar-refractivity contribution >= 4 is 12.4 Å². The van der Waals surface area contributed by atoms with Crippen molar-refractivity contribution in [2.75, 3.05) is 14.2 Å². The fourth-order valence-electron chi connectivity index (χ4n) is 0.0589. The molecule has 0 rings (SSSR count). The van der Waals surface area contributed by atoms with Gasteiger partial charge in [-0.25, -0.2) is 0 Å². The van der Waals surface area contributed by atoms with E-state index in [1.54, 1.807) is 14.2 Å². The normalized spacial score (nSPS) is 7.67. The van der Waals surface area contributed by atoms with Gasteiger partial charge in [0.15, 0.2) is 0 Å². The van der Waals surface area contributed by atoms with Crippen LogP contribution in [0.15, 0.2) is 0 Å². The molecule has 0 aliphatic rings. The van der Waals surface area contributed by atoms with E-state index < -0.39 is 0 Å². The molecule has 0 N–H and O–H groups in total. The summed E-state index contributed by atoms with van der Waals surface area (Å²) in [6.45, 7) is 0. The average Bonchev–Trinajstić information content (AvgIpc) is 1.41. The molecule has 42 valence electrons. The first-order chi connectivity index (χ1) is 2.41. The Morgan fingerprint density at radius 3 is 1.50 bits per heavy atom. The third kappa shape index (κ3) is 8.83. The largest absolute Gasteiger partial charge is 0.147 e. The third-order valence-corrected chi connectivity index (χ3v) is 0.486. The predicted molar refractivity (Wildman–Crippen MR) is 21.3 cm³/mol. The molecule has 0 saturated heterocycles. The van der Waals surface area contributed by atoms with Crippen molar-refractivity contribution in [2.45, 2.75) is 0 Å². The van der Waals surface area contributed by atoms with Gasteiger partial charge in [-0.05, 0) is 0 Å². The van der Waals surface area contributed by atoms with Crippen molar-refractivity contribution in [3.05, 3.63) is 0 Å². The van der Waals surface area contributed by atoms with E-state index in [2.05, 4.69) is 7.64 Å². The molecule has 0 aromatic heterocycles. The molecule has 0 saturated carbocycles. The number of hydrogen-bond donors (Lipinski definition) is 0. The van der Waals surface area contributed by atoms with Crippen LogP contribution in [0, 0.1) is 0 Å². The smallest absolute Gasteiger partial charge is 0.147 e. The Morgan fingerprint density at radius 2 is 1.50 bits per heavy atom. The minimum Gasteiger partial charge on any atom is -0.147 e. The molecule has 0 spiro atoms. The van der Waals surface area contributed by atoms with Gasteiger partial charge in [-0.3, -0.25) is 0 Å². The molecule has 0 aliphatic carbocycles. The number of halogens is 1. The molecule has 0 aromatic rings. The fourth-order valence-corrected chi connectivity index (χ4v) is 0.243. The summed E-state index contributed by atoms with van der Waals surface area (Å²) >= 11 is 0.389. The number of rotatable bonds is 2. The second-order valence-corrected chi connectivity index (χ2v) is 1.43. The van der Waals surface area contributed by atoms with Gasteiger partial charge >= 0.3 is 37.5 Å². The first-order valence-electron chi connectivity index (χ1n) is 1.11. The summed E-state index contributed by atoms with van der Waals surface area (Å²) in [6.07, 6.45) is 0. The zero-order chi connectivity index (χ0) is 4.12. The maximum atomic E-state index is 4.47.